The van der Waals surface area contributed by atoms with E-state index >= 15 is 0 Å². The number of aliphatic imine (C=N–C) groups is 1. The predicted molar refractivity (Wildman–Crippen MR) is 112 cm³/mol. The van der Waals surface area contributed by atoms with E-state index in [0.717, 1.165) is 11.3 Å². The van der Waals surface area contributed by atoms with Gasteiger partial charge in [0.05, 0.1) is 6.92 Å². The topological polar surface area (TPSA) is 66.9 Å². The number of carbonyl (C=O) groups excluding carboxylic acids is 1. The van der Waals surface area contributed by atoms with Crippen LogP contribution in [0.4, 0.5) is 0 Å². The van der Waals surface area contributed by atoms with Gasteiger partial charge >= 0.3 is 5.91 Å². The summed E-state index contributed by atoms with van der Waals surface area (Å²) in [4.78, 5) is 16.1. The maximum absolute atomic E-state index is 8.29. The van der Waals surface area contributed by atoms with E-state index in [2.05, 4.69) is 58.5 Å². The van der Waals surface area contributed by atoms with E-state index in [1.54, 1.807) is 0 Å². The molecule has 1 radical (unpaired) electrons. The van der Waals surface area contributed by atoms with Crippen molar-refractivity contribution in [1.29, 1.82) is 0 Å². The fourth-order valence-corrected chi connectivity index (χ4v) is 2.83. The van der Waals surface area contributed by atoms with E-state index in [1.165, 1.54) is 35.4 Å². The Balaban J connectivity index is 0.000000306. The molecule has 0 saturated heterocycles. The van der Waals surface area contributed by atoms with Crippen LogP contribution in [0.5, 0.6) is 0 Å². The van der Waals surface area contributed by atoms with Gasteiger partial charge in [-0.05, 0) is 27.2 Å². The van der Waals surface area contributed by atoms with Crippen molar-refractivity contribution in [2.24, 2.45) is 4.99 Å². The molecule has 0 spiro atoms. The zero-order valence-corrected chi connectivity index (χ0v) is 17.9. The third kappa shape index (κ3) is 5.32. The number of hydrogen-bond donors (Lipinski definition) is 1. The summed E-state index contributed by atoms with van der Waals surface area (Å²) in [7, 11) is 0. The molecular formula is C23H20IrN2O2. The first-order chi connectivity index (χ1) is 13.0. The Bertz CT molecular complexity index is 1120. The van der Waals surface area contributed by atoms with Crippen molar-refractivity contribution in [2.75, 3.05) is 0 Å². The molecule has 143 valence electrons. The molecule has 1 amide bonds. The summed E-state index contributed by atoms with van der Waals surface area (Å²) >= 11 is 0. The van der Waals surface area contributed by atoms with Crippen LogP contribution in [0.15, 0.2) is 77.9 Å². The van der Waals surface area contributed by atoms with Crippen molar-refractivity contribution >= 4 is 33.3 Å². The van der Waals surface area contributed by atoms with Gasteiger partial charge in [0.15, 0.2) is 5.90 Å². The Morgan fingerprint density at radius 1 is 0.964 bits per heavy atom. The fourth-order valence-electron chi connectivity index (χ4n) is 2.83. The minimum Gasteiger partial charge on any atom is -0.496 e. The van der Waals surface area contributed by atoms with Crippen LogP contribution < -0.4 is 0 Å². The van der Waals surface area contributed by atoms with Crippen LogP contribution in [0.1, 0.15) is 13.8 Å². The largest absolute Gasteiger partial charge is 0.496 e. The third-order valence-electron chi connectivity index (χ3n) is 3.94. The minimum absolute atomic E-state index is 0. The number of hydrogen-bond acceptors (Lipinski definition) is 1. The molecule has 0 aliphatic carbocycles. The molecule has 0 aliphatic heterocycles. The molecule has 28 heavy (non-hydrogen) atoms. The summed E-state index contributed by atoms with van der Waals surface area (Å²) in [5.41, 5.74) is 2.00. The molecule has 0 aliphatic rings. The van der Waals surface area contributed by atoms with Gasteiger partial charge in [-0.1, -0.05) is 42.5 Å². The maximum Gasteiger partial charge on any atom is 0.414 e. The second-order valence-electron chi connectivity index (χ2n) is 6.06. The van der Waals surface area contributed by atoms with Crippen LogP contribution in [0.2, 0.25) is 0 Å². The van der Waals surface area contributed by atoms with Crippen LogP contribution in [0.3, 0.4) is 0 Å². The van der Waals surface area contributed by atoms with Crippen LogP contribution in [0.25, 0.3) is 32.8 Å². The van der Waals surface area contributed by atoms with Crippen LogP contribution in [0, 0.1) is 6.07 Å². The predicted octanol–water partition coefficient (Wildman–Crippen LogP) is 5.34. The number of nitrogens with zero attached hydrogens (tertiary/aromatic N) is 2. The normalized spacial score (nSPS) is 10.7. The van der Waals surface area contributed by atoms with E-state index in [0.29, 0.717) is 0 Å². The Morgan fingerprint density at radius 2 is 1.68 bits per heavy atom. The smallest absolute Gasteiger partial charge is 0.414 e. The van der Waals surface area contributed by atoms with E-state index in [9.17, 15) is 0 Å². The summed E-state index contributed by atoms with van der Waals surface area (Å²) in [6.07, 6.45) is 1.94. The molecule has 0 bridgehead atoms. The van der Waals surface area contributed by atoms with Crippen LogP contribution >= 0.6 is 0 Å². The first kappa shape index (κ1) is 21.4. The maximum atomic E-state index is 8.29. The van der Waals surface area contributed by atoms with Gasteiger partial charge in [0.2, 0.25) is 0 Å². The Labute approximate surface area is 177 Å². The number of pyridine rings is 1. The van der Waals surface area contributed by atoms with Crippen LogP contribution in [-0.2, 0) is 20.1 Å². The molecule has 1 heterocycles. The fraction of sp³-hybridized carbons (Fsp3) is 0.0870. The number of aliphatic hydroxyl groups excluding tert-OH is 1. The molecule has 0 atom stereocenters. The zero-order valence-electron chi connectivity index (χ0n) is 15.6. The van der Waals surface area contributed by atoms with Gasteiger partial charge in [0.1, 0.15) is 0 Å². The summed E-state index contributed by atoms with van der Waals surface area (Å²) in [5.74, 6) is -0.250. The van der Waals surface area contributed by atoms with Gasteiger partial charge in [-0.2, -0.15) is 0 Å². The quantitative estimate of drug-likeness (QED) is 0.115. The SMILES string of the molecule is CC(=[OH+])N=C(C)O.[Ir].[c-]1ccccc1-c1cc2c(ccc3ccccc32)cn1. The molecule has 0 saturated carbocycles. The first-order valence-electron chi connectivity index (χ1n) is 8.56. The van der Waals surface area contributed by atoms with Crippen molar-refractivity contribution < 1.29 is 30.0 Å². The summed E-state index contributed by atoms with van der Waals surface area (Å²) in [6.45, 7) is 2.78. The molecular weight excluding hydrogens is 528 g/mol. The Morgan fingerprint density at radius 3 is 2.32 bits per heavy atom. The second-order valence-corrected chi connectivity index (χ2v) is 6.06. The molecule has 2 N–H and O–H groups in total. The van der Waals surface area contributed by atoms with Gasteiger partial charge in [-0.3, -0.25) is 4.79 Å². The van der Waals surface area contributed by atoms with E-state index < -0.39 is 0 Å². The number of benzene rings is 3. The monoisotopic (exact) mass is 549 g/mol. The molecule has 3 aromatic carbocycles. The average Bonchev–Trinajstić information content (AvgIpc) is 2.67. The van der Waals surface area contributed by atoms with Crippen molar-refractivity contribution in [3.8, 4) is 11.3 Å². The third-order valence-corrected chi connectivity index (χ3v) is 3.94. The van der Waals surface area contributed by atoms with E-state index in [1.807, 2.05) is 30.5 Å². The van der Waals surface area contributed by atoms with Crippen LogP contribution in [-0.4, -0.2) is 26.7 Å². The number of fused-ring (bicyclic) bond motifs is 3. The van der Waals surface area contributed by atoms with Gasteiger partial charge in [0, 0.05) is 33.2 Å². The van der Waals surface area contributed by atoms with Gasteiger partial charge in [-0.25, -0.2) is 0 Å². The number of rotatable bonds is 1. The first-order valence-corrected chi connectivity index (χ1v) is 8.56. The molecule has 0 unspecified atom stereocenters. The second kappa shape index (κ2) is 9.88. The summed E-state index contributed by atoms with van der Waals surface area (Å²) in [6, 6.07) is 26.1. The summed E-state index contributed by atoms with van der Waals surface area (Å²) < 4.78 is 0. The Kier molecular flexibility index (Phi) is 7.56. The van der Waals surface area contributed by atoms with Crippen molar-refractivity contribution in [1.82, 2.24) is 4.98 Å². The standard InChI is InChI=1S/C19H12N.C4H7NO2.Ir/c1-2-7-15(8-3-1)19-12-18-16(13-20-19)11-10-14-6-4-5-9-17(14)18;1-3(6)5-4(2)7;/h1-7,9-13H;1-2H3,(H,5,6,7);/q-1;;/p+1. The zero-order chi connectivity index (χ0) is 19.2. The molecule has 0 fully saturated rings. The number of aliphatic hydroxyl groups is 1. The number of amides is 1. The average molecular weight is 549 g/mol. The van der Waals surface area contributed by atoms with Crippen molar-refractivity contribution in [3.63, 3.8) is 0 Å². The van der Waals surface area contributed by atoms with Gasteiger partial charge in [0.25, 0.3) is 0 Å². The van der Waals surface area contributed by atoms with Crippen molar-refractivity contribution in [2.45, 2.75) is 13.8 Å². The molecule has 4 rings (SSSR count). The van der Waals surface area contributed by atoms with E-state index in [-0.39, 0.29) is 31.9 Å². The molecule has 1 aromatic heterocycles. The van der Waals surface area contributed by atoms with E-state index in [4.69, 9.17) is 9.90 Å². The Hall–Kier alpha value is -2.88. The minimum atomic E-state index is -0.125. The van der Waals surface area contributed by atoms with Gasteiger partial charge in [-0.15, -0.1) is 40.9 Å². The molecule has 4 nitrogen and oxygen atoms in total. The van der Waals surface area contributed by atoms with Gasteiger partial charge < -0.3 is 10.1 Å². The summed E-state index contributed by atoms with van der Waals surface area (Å²) in [5, 5.41) is 13.2. The van der Waals surface area contributed by atoms with Crippen molar-refractivity contribution in [3.05, 3.63) is 79.0 Å². The molecule has 5 heteroatoms. The number of aromatic nitrogens is 1. The molecule has 4 aromatic rings.